The van der Waals surface area contributed by atoms with Crippen LogP contribution in [0.2, 0.25) is 5.02 Å². The van der Waals surface area contributed by atoms with Gasteiger partial charge in [-0.3, -0.25) is 4.79 Å². The molecule has 1 heterocycles. The average Bonchev–Trinajstić information content (AvgIpc) is 2.75. The molecule has 0 unspecified atom stereocenters. The van der Waals surface area contributed by atoms with Crippen molar-refractivity contribution in [3.8, 4) is 0 Å². The van der Waals surface area contributed by atoms with E-state index in [1.165, 1.54) is 18.2 Å². The van der Waals surface area contributed by atoms with Gasteiger partial charge >= 0.3 is 0 Å². The van der Waals surface area contributed by atoms with Crippen LogP contribution in [0.15, 0.2) is 28.8 Å². The van der Waals surface area contributed by atoms with Gasteiger partial charge in [-0.15, -0.1) is 0 Å². The highest BCUT2D eigenvalue weighted by molar-refractivity contribution is 6.33. The van der Waals surface area contributed by atoms with Crippen LogP contribution in [0.25, 0.3) is 0 Å². The van der Waals surface area contributed by atoms with E-state index in [4.69, 9.17) is 16.1 Å². The van der Waals surface area contributed by atoms with Gasteiger partial charge in [0.1, 0.15) is 11.6 Å². The molecule has 0 fully saturated rings. The van der Waals surface area contributed by atoms with E-state index in [-0.39, 0.29) is 10.6 Å². The van der Waals surface area contributed by atoms with Crippen molar-refractivity contribution in [2.24, 2.45) is 0 Å². The standard InChI is InChI=1S/C13H12ClFN2O2/c1-8-7-9(17-19-8)5-6-16-13(18)12-10(14)3-2-4-11(12)15/h2-4,7H,5-6H2,1H3,(H,16,18). The predicted molar refractivity (Wildman–Crippen MR) is 68.7 cm³/mol. The number of carbonyl (C=O) groups is 1. The van der Waals surface area contributed by atoms with Crippen molar-refractivity contribution in [2.45, 2.75) is 13.3 Å². The van der Waals surface area contributed by atoms with Crippen LogP contribution in [0.4, 0.5) is 4.39 Å². The SMILES string of the molecule is Cc1cc(CCNC(=O)c2c(F)cccc2Cl)no1. The zero-order valence-corrected chi connectivity index (χ0v) is 11.0. The van der Waals surface area contributed by atoms with Crippen LogP contribution in [0.5, 0.6) is 0 Å². The molecule has 1 amide bonds. The lowest BCUT2D eigenvalue weighted by Crippen LogP contribution is -2.27. The van der Waals surface area contributed by atoms with E-state index in [1.54, 1.807) is 13.0 Å². The van der Waals surface area contributed by atoms with Gasteiger partial charge in [0, 0.05) is 19.0 Å². The molecule has 1 aromatic heterocycles. The van der Waals surface area contributed by atoms with Crippen molar-refractivity contribution < 1.29 is 13.7 Å². The van der Waals surface area contributed by atoms with Crippen molar-refractivity contribution in [2.75, 3.05) is 6.54 Å². The van der Waals surface area contributed by atoms with Gasteiger partial charge in [-0.2, -0.15) is 0 Å². The van der Waals surface area contributed by atoms with Crippen LogP contribution >= 0.6 is 11.6 Å². The van der Waals surface area contributed by atoms with Gasteiger partial charge in [-0.05, 0) is 19.1 Å². The van der Waals surface area contributed by atoms with Gasteiger partial charge in [0.15, 0.2) is 0 Å². The van der Waals surface area contributed by atoms with Crippen LogP contribution in [0.3, 0.4) is 0 Å². The molecule has 19 heavy (non-hydrogen) atoms. The monoisotopic (exact) mass is 282 g/mol. The van der Waals surface area contributed by atoms with E-state index in [0.717, 1.165) is 5.69 Å². The lowest BCUT2D eigenvalue weighted by Gasteiger charge is -2.06. The van der Waals surface area contributed by atoms with Crippen LogP contribution < -0.4 is 5.32 Å². The molecular formula is C13H12ClFN2O2. The molecule has 0 bridgehead atoms. The Kier molecular flexibility index (Phi) is 4.16. The van der Waals surface area contributed by atoms with Crippen LogP contribution in [0.1, 0.15) is 21.8 Å². The van der Waals surface area contributed by atoms with Crippen LogP contribution in [-0.4, -0.2) is 17.6 Å². The molecule has 4 nitrogen and oxygen atoms in total. The number of aromatic nitrogens is 1. The Bertz CT molecular complexity index is 578. The zero-order valence-electron chi connectivity index (χ0n) is 10.2. The number of aryl methyl sites for hydroxylation is 1. The van der Waals surface area contributed by atoms with Crippen molar-refractivity contribution in [3.63, 3.8) is 0 Å². The predicted octanol–water partition coefficient (Wildman–Crippen LogP) is 2.75. The number of hydrogen-bond acceptors (Lipinski definition) is 3. The Balaban J connectivity index is 1.94. The van der Waals surface area contributed by atoms with E-state index in [1.807, 2.05) is 0 Å². The van der Waals surface area contributed by atoms with E-state index in [0.29, 0.717) is 18.7 Å². The van der Waals surface area contributed by atoms with Crippen LogP contribution in [0, 0.1) is 12.7 Å². The first-order chi connectivity index (χ1) is 9.08. The molecule has 0 atom stereocenters. The van der Waals surface area contributed by atoms with Gasteiger partial charge in [0.25, 0.3) is 5.91 Å². The normalized spacial score (nSPS) is 10.5. The number of carbonyl (C=O) groups excluding carboxylic acids is 1. The molecule has 0 saturated carbocycles. The summed E-state index contributed by atoms with van der Waals surface area (Å²) in [4.78, 5) is 11.8. The minimum Gasteiger partial charge on any atom is -0.361 e. The van der Waals surface area contributed by atoms with Gasteiger partial charge < -0.3 is 9.84 Å². The Morgan fingerprint density at radius 2 is 2.32 bits per heavy atom. The van der Waals surface area contributed by atoms with Gasteiger partial charge in [-0.25, -0.2) is 4.39 Å². The first-order valence-corrected chi connectivity index (χ1v) is 6.10. The highest BCUT2D eigenvalue weighted by Gasteiger charge is 2.15. The molecule has 0 aliphatic heterocycles. The molecule has 0 aliphatic rings. The maximum Gasteiger partial charge on any atom is 0.255 e. The first-order valence-electron chi connectivity index (χ1n) is 5.72. The second kappa shape index (κ2) is 5.84. The largest absolute Gasteiger partial charge is 0.361 e. The summed E-state index contributed by atoms with van der Waals surface area (Å²) in [5.41, 5.74) is 0.595. The lowest BCUT2D eigenvalue weighted by atomic mass is 10.2. The molecule has 2 rings (SSSR count). The Morgan fingerprint density at radius 1 is 1.53 bits per heavy atom. The fourth-order valence-corrected chi connectivity index (χ4v) is 1.89. The molecule has 0 aliphatic carbocycles. The maximum atomic E-state index is 13.5. The average molecular weight is 283 g/mol. The Morgan fingerprint density at radius 3 is 2.95 bits per heavy atom. The van der Waals surface area contributed by atoms with Crippen molar-refractivity contribution in [1.29, 1.82) is 0 Å². The fraction of sp³-hybridized carbons (Fsp3) is 0.231. The molecule has 0 saturated heterocycles. The summed E-state index contributed by atoms with van der Waals surface area (Å²) in [6.45, 7) is 2.11. The van der Waals surface area contributed by atoms with Crippen molar-refractivity contribution in [3.05, 3.63) is 52.1 Å². The zero-order chi connectivity index (χ0) is 13.8. The minimum absolute atomic E-state index is 0.0924. The van der Waals surface area contributed by atoms with E-state index >= 15 is 0 Å². The van der Waals surface area contributed by atoms with Gasteiger partial charge in [-0.1, -0.05) is 22.8 Å². The molecule has 6 heteroatoms. The van der Waals surface area contributed by atoms with Gasteiger partial charge in [0.2, 0.25) is 0 Å². The summed E-state index contributed by atoms with van der Waals surface area (Å²) in [5.74, 6) is -0.468. The lowest BCUT2D eigenvalue weighted by molar-refractivity contribution is 0.0950. The fourth-order valence-electron chi connectivity index (χ4n) is 1.64. The number of nitrogens with one attached hydrogen (secondary N) is 1. The minimum atomic E-state index is -0.637. The molecular weight excluding hydrogens is 271 g/mol. The Hall–Kier alpha value is -1.88. The molecule has 0 spiro atoms. The summed E-state index contributed by atoms with van der Waals surface area (Å²) in [7, 11) is 0. The summed E-state index contributed by atoms with van der Waals surface area (Å²) in [6, 6.07) is 5.90. The summed E-state index contributed by atoms with van der Waals surface area (Å²) >= 11 is 5.80. The number of benzene rings is 1. The summed E-state index contributed by atoms with van der Waals surface area (Å²) in [5, 5.41) is 6.48. The molecule has 100 valence electrons. The van der Waals surface area contributed by atoms with Gasteiger partial charge in [0.05, 0.1) is 16.3 Å². The summed E-state index contributed by atoms with van der Waals surface area (Å²) in [6.07, 6.45) is 0.509. The third-order valence-electron chi connectivity index (χ3n) is 2.53. The maximum absolute atomic E-state index is 13.5. The second-order valence-corrected chi connectivity index (χ2v) is 4.44. The quantitative estimate of drug-likeness (QED) is 0.938. The molecule has 0 radical (unpaired) electrons. The highest BCUT2D eigenvalue weighted by Crippen LogP contribution is 2.18. The highest BCUT2D eigenvalue weighted by atomic mass is 35.5. The third kappa shape index (κ3) is 3.32. The smallest absolute Gasteiger partial charge is 0.255 e. The van der Waals surface area contributed by atoms with Crippen molar-refractivity contribution >= 4 is 17.5 Å². The molecule has 1 aromatic carbocycles. The van der Waals surface area contributed by atoms with Crippen molar-refractivity contribution in [1.82, 2.24) is 10.5 Å². The van der Waals surface area contributed by atoms with Crippen LogP contribution in [-0.2, 0) is 6.42 Å². The number of rotatable bonds is 4. The molecule has 1 N–H and O–H groups in total. The Labute approximate surface area is 114 Å². The first kappa shape index (κ1) is 13.5. The number of hydrogen-bond donors (Lipinski definition) is 1. The van der Waals surface area contributed by atoms with E-state index in [9.17, 15) is 9.18 Å². The van der Waals surface area contributed by atoms with E-state index in [2.05, 4.69) is 10.5 Å². The second-order valence-electron chi connectivity index (χ2n) is 4.03. The van der Waals surface area contributed by atoms with E-state index < -0.39 is 11.7 Å². The number of halogens is 2. The third-order valence-corrected chi connectivity index (χ3v) is 2.85. The molecule has 2 aromatic rings. The topological polar surface area (TPSA) is 55.1 Å². The number of nitrogens with zero attached hydrogens (tertiary/aromatic N) is 1. The summed E-state index contributed by atoms with van der Waals surface area (Å²) < 4.78 is 18.4. The number of amides is 1.